The lowest BCUT2D eigenvalue weighted by Gasteiger charge is -2.36. The van der Waals surface area contributed by atoms with Crippen LogP contribution in [0.2, 0.25) is 0 Å². The molecule has 3 rings (SSSR count). The second-order valence-electron chi connectivity index (χ2n) is 6.54. The second-order valence-corrected chi connectivity index (χ2v) is 6.54. The predicted octanol–water partition coefficient (Wildman–Crippen LogP) is 2.50. The molecule has 0 saturated carbocycles. The quantitative estimate of drug-likeness (QED) is 0.853. The first kappa shape index (κ1) is 16.7. The Morgan fingerprint density at radius 3 is 2.50 bits per heavy atom. The molecule has 2 saturated heterocycles. The molecule has 3 amide bonds. The van der Waals surface area contributed by atoms with E-state index in [1.807, 2.05) is 16.7 Å². The van der Waals surface area contributed by atoms with Crippen molar-refractivity contribution in [1.29, 1.82) is 0 Å². The third-order valence-electron chi connectivity index (χ3n) is 5.12. The van der Waals surface area contributed by atoms with E-state index in [1.54, 1.807) is 24.0 Å². The second kappa shape index (κ2) is 6.79. The molecule has 2 aliphatic rings. The normalized spacial score (nSPS) is 19.3. The molecule has 5 nitrogen and oxygen atoms in total. The van der Waals surface area contributed by atoms with Crippen molar-refractivity contribution >= 4 is 11.9 Å². The van der Waals surface area contributed by atoms with Crippen LogP contribution in [0.5, 0.6) is 0 Å². The van der Waals surface area contributed by atoms with Gasteiger partial charge in [0.1, 0.15) is 5.82 Å². The van der Waals surface area contributed by atoms with Crippen LogP contribution >= 0.6 is 0 Å². The van der Waals surface area contributed by atoms with Gasteiger partial charge in [-0.05, 0) is 44.4 Å². The Kier molecular flexibility index (Phi) is 4.73. The number of likely N-dealkylation sites (N-methyl/N-ethyl adjacent to an activating group) is 1. The Morgan fingerprint density at radius 1 is 1.21 bits per heavy atom. The van der Waals surface area contributed by atoms with Crippen molar-refractivity contribution in [2.24, 2.45) is 0 Å². The summed E-state index contributed by atoms with van der Waals surface area (Å²) in [5.74, 6) is -0.478. The molecular weight excluding hydrogens is 309 g/mol. The highest BCUT2D eigenvalue weighted by atomic mass is 19.1. The van der Waals surface area contributed by atoms with Gasteiger partial charge in [0.05, 0.1) is 0 Å². The van der Waals surface area contributed by atoms with Crippen molar-refractivity contribution in [2.75, 3.05) is 32.7 Å². The van der Waals surface area contributed by atoms with Crippen LogP contribution in [0.25, 0.3) is 0 Å². The molecule has 0 N–H and O–H groups in total. The van der Waals surface area contributed by atoms with E-state index in [0.717, 1.165) is 32.5 Å². The summed E-state index contributed by atoms with van der Waals surface area (Å²) in [5, 5.41) is 0. The first-order chi connectivity index (χ1) is 11.5. The van der Waals surface area contributed by atoms with E-state index >= 15 is 0 Å². The molecular formula is C18H24FN3O2. The fourth-order valence-electron chi connectivity index (χ4n) is 3.52. The summed E-state index contributed by atoms with van der Waals surface area (Å²) in [6.07, 6.45) is 1.56. The van der Waals surface area contributed by atoms with Crippen molar-refractivity contribution < 1.29 is 14.0 Å². The predicted molar refractivity (Wildman–Crippen MR) is 89.4 cm³/mol. The lowest BCUT2D eigenvalue weighted by Crippen LogP contribution is -2.48. The van der Waals surface area contributed by atoms with Crippen LogP contribution in [0.1, 0.15) is 35.7 Å². The molecule has 1 aromatic rings. The van der Waals surface area contributed by atoms with E-state index in [2.05, 4.69) is 0 Å². The maximum Gasteiger partial charge on any atom is 0.320 e. The Bertz CT molecular complexity index is 641. The average Bonchev–Trinajstić information content (AvgIpc) is 2.97. The minimum absolute atomic E-state index is 0.114. The summed E-state index contributed by atoms with van der Waals surface area (Å²) in [6.45, 7) is 7.19. The first-order valence-electron chi connectivity index (χ1n) is 8.62. The Hall–Kier alpha value is -2.11. The zero-order chi connectivity index (χ0) is 17.3. The van der Waals surface area contributed by atoms with Crippen LogP contribution in [0.3, 0.4) is 0 Å². The lowest BCUT2D eigenvalue weighted by atomic mass is 10.0. The molecule has 0 atom stereocenters. The molecule has 0 unspecified atom stereocenters. The van der Waals surface area contributed by atoms with Crippen LogP contribution < -0.4 is 0 Å². The monoisotopic (exact) mass is 333 g/mol. The smallest absolute Gasteiger partial charge is 0.320 e. The molecule has 0 radical (unpaired) electrons. The van der Waals surface area contributed by atoms with Crippen molar-refractivity contribution in [2.45, 2.75) is 32.7 Å². The van der Waals surface area contributed by atoms with Gasteiger partial charge in [0.2, 0.25) is 0 Å². The number of aryl methyl sites for hydroxylation is 1. The minimum atomic E-state index is -0.349. The zero-order valence-corrected chi connectivity index (χ0v) is 14.3. The van der Waals surface area contributed by atoms with Crippen LogP contribution in [-0.4, -0.2) is 65.4 Å². The Labute approximate surface area is 142 Å². The van der Waals surface area contributed by atoms with Crippen molar-refractivity contribution in [1.82, 2.24) is 14.7 Å². The number of amides is 3. The van der Waals surface area contributed by atoms with Gasteiger partial charge in [-0.1, -0.05) is 6.07 Å². The number of nitrogens with zero attached hydrogens (tertiary/aromatic N) is 3. The molecule has 2 fully saturated rings. The van der Waals surface area contributed by atoms with E-state index in [9.17, 15) is 14.0 Å². The van der Waals surface area contributed by atoms with E-state index in [0.29, 0.717) is 24.2 Å². The van der Waals surface area contributed by atoms with Gasteiger partial charge in [-0.25, -0.2) is 9.18 Å². The SMILES string of the molecule is CCN1CCN(C2CCN(C(=O)c3ccc(C)c(F)c3)CC2)C1=O. The molecule has 1 aromatic carbocycles. The van der Waals surface area contributed by atoms with E-state index in [4.69, 9.17) is 0 Å². The molecule has 0 spiro atoms. The molecule has 130 valence electrons. The molecule has 0 aliphatic carbocycles. The highest BCUT2D eigenvalue weighted by molar-refractivity contribution is 5.94. The van der Waals surface area contributed by atoms with Crippen LogP contribution in [0.15, 0.2) is 18.2 Å². The summed E-state index contributed by atoms with van der Waals surface area (Å²) in [7, 11) is 0. The summed E-state index contributed by atoms with van der Waals surface area (Å²) in [6, 6.07) is 4.94. The van der Waals surface area contributed by atoms with Crippen molar-refractivity contribution in [3.8, 4) is 0 Å². The largest absolute Gasteiger partial charge is 0.338 e. The lowest BCUT2D eigenvalue weighted by molar-refractivity contribution is 0.0663. The van der Waals surface area contributed by atoms with Crippen molar-refractivity contribution in [3.63, 3.8) is 0 Å². The average molecular weight is 333 g/mol. The Morgan fingerprint density at radius 2 is 1.92 bits per heavy atom. The Balaban J connectivity index is 1.60. The molecule has 6 heteroatoms. The third kappa shape index (κ3) is 3.09. The number of hydrogen-bond donors (Lipinski definition) is 0. The van der Waals surface area contributed by atoms with Gasteiger partial charge >= 0.3 is 6.03 Å². The number of halogens is 1. The molecule has 0 aromatic heterocycles. The maximum atomic E-state index is 13.7. The van der Waals surface area contributed by atoms with Crippen molar-refractivity contribution in [3.05, 3.63) is 35.1 Å². The zero-order valence-electron chi connectivity index (χ0n) is 14.3. The number of hydrogen-bond acceptors (Lipinski definition) is 2. The van der Waals surface area contributed by atoms with Gasteiger partial charge in [0, 0.05) is 44.3 Å². The number of carbonyl (C=O) groups is 2. The summed E-state index contributed by atoms with van der Waals surface area (Å²) < 4.78 is 13.7. The van der Waals surface area contributed by atoms with Gasteiger partial charge in [-0.15, -0.1) is 0 Å². The van der Waals surface area contributed by atoms with Gasteiger partial charge in [0.25, 0.3) is 5.91 Å². The van der Waals surface area contributed by atoms with Crippen LogP contribution in [0.4, 0.5) is 9.18 Å². The van der Waals surface area contributed by atoms with Crippen LogP contribution in [-0.2, 0) is 0 Å². The standard InChI is InChI=1S/C18H24FN3O2/c1-3-20-10-11-22(18(20)24)15-6-8-21(9-7-15)17(23)14-5-4-13(2)16(19)12-14/h4-5,12,15H,3,6-11H2,1-2H3. The van der Waals surface area contributed by atoms with Crippen LogP contribution in [0, 0.1) is 12.7 Å². The summed E-state index contributed by atoms with van der Waals surface area (Å²) in [5.41, 5.74) is 0.934. The third-order valence-corrected chi connectivity index (χ3v) is 5.12. The van der Waals surface area contributed by atoms with E-state index < -0.39 is 0 Å². The maximum absolute atomic E-state index is 13.7. The fourth-order valence-corrected chi connectivity index (χ4v) is 3.52. The molecule has 2 heterocycles. The minimum Gasteiger partial charge on any atom is -0.338 e. The van der Waals surface area contributed by atoms with Gasteiger partial charge in [-0.3, -0.25) is 4.79 Å². The molecule has 2 aliphatic heterocycles. The highest BCUT2D eigenvalue weighted by Gasteiger charge is 2.35. The van der Waals surface area contributed by atoms with Gasteiger partial charge < -0.3 is 14.7 Å². The number of carbonyl (C=O) groups excluding carboxylic acids is 2. The number of benzene rings is 1. The van der Waals surface area contributed by atoms with E-state index in [-0.39, 0.29) is 23.8 Å². The number of piperidine rings is 1. The first-order valence-corrected chi connectivity index (χ1v) is 8.62. The number of rotatable bonds is 3. The number of likely N-dealkylation sites (tertiary alicyclic amines) is 1. The van der Waals surface area contributed by atoms with E-state index in [1.165, 1.54) is 6.07 Å². The summed E-state index contributed by atoms with van der Waals surface area (Å²) in [4.78, 5) is 30.4. The fraction of sp³-hybridized carbons (Fsp3) is 0.556. The highest BCUT2D eigenvalue weighted by Crippen LogP contribution is 2.22. The van der Waals surface area contributed by atoms with Gasteiger partial charge in [0.15, 0.2) is 0 Å². The summed E-state index contributed by atoms with van der Waals surface area (Å²) >= 11 is 0. The number of urea groups is 1. The molecule has 0 bridgehead atoms. The topological polar surface area (TPSA) is 43.9 Å². The van der Waals surface area contributed by atoms with Gasteiger partial charge in [-0.2, -0.15) is 0 Å². The molecule has 24 heavy (non-hydrogen) atoms.